The molecule has 6 aromatic rings. The fourth-order valence-electron chi connectivity index (χ4n) is 9.24. The molecular formula is C51H34BF24NO. The summed E-state index contributed by atoms with van der Waals surface area (Å²) in [5.41, 5.74) is -28.0. The molecule has 0 unspecified atom stereocenters. The van der Waals surface area contributed by atoms with Gasteiger partial charge in [-0.3, -0.25) is 4.79 Å². The van der Waals surface area contributed by atoms with Crippen molar-refractivity contribution in [3.63, 3.8) is 0 Å². The van der Waals surface area contributed by atoms with Crippen molar-refractivity contribution >= 4 is 33.8 Å². The summed E-state index contributed by atoms with van der Waals surface area (Å²) in [5, 5.41) is 0. The molecule has 0 amide bonds. The molecule has 0 N–H and O–H groups in total. The molecule has 0 radical (unpaired) electrons. The van der Waals surface area contributed by atoms with Gasteiger partial charge in [-0.05, 0) is 48.6 Å². The maximum Gasteiger partial charge on any atom is 0.416 e. The van der Waals surface area contributed by atoms with Crippen LogP contribution in [-0.2, 0) is 56.0 Å². The average molecular weight is 1140 g/mol. The molecule has 420 valence electrons. The van der Waals surface area contributed by atoms with E-state index in [9.17, 15) is 110 Å². The fourth-order valence-corrected chi connectivity index (χ4v) is 9.24. The Labute approximate surface area is 425 Å². The molecule has 1 aliphatic rings. The summed E-state index contributed by atoms with van der Waals surface area (Å²) >= 11 is 0. The van der Waals surface area contributed by atoms with Gasteiger partial charge in [0.1, 0.15) is 6.15 Å². The van der Waals surface area contributed by atoms with Crippen LogP contribution in [0.4, 0.5) is 105 Å². The molecule has 2 nitrogen and oxygen atoms in total. The van der Waals surface area contributed by atoms with E-state index in [0.29, 0.717) is 12.5 Å². The molecule has 1 aromatic heterocycles. The smallest absolute Gasteiger partial charge is 0.287 e. The van der Waals surface area contributed by atoms with Crippen molar-refractivity contribution in [1.82, 2.24) is 0 Å². The zero-order chi connectivity index (χ0) is 58.4. The number of nitrogens with zero attached hydrogens (tertiary/aromatic N) is 1. The minimum atomic E-state index is -6.13. The number of carbonyl (C=O) groups is 1. The van der Waals surface area contributed by atoms with Crippen molar-refractivity contribution in [3.05, 3.63) is 183 Å². The molecule has 0 saturated heterocycles. The molecule has 5 aromatic carbocycles. The molecule has 0 spiro atoms. The van der Waals surface area contributed by atoms with Crippen LogP contribution in [0, 0.1) is 0 Å². The molecule has 0 aliphatic heterocycles. The van der Waals surface area contributed by atoms with E-state index in [1.165, 1.54) is 37.7 Å². The number of Topliss-reactive ketones (excluding diaryl/α,β-unsaturated/α-hetero) is 1. The monoisotopic (exact) mass is 1140 g/mol. The zero-order valence-corrected chi connectivity index (χ0v) is 38.9. The highest BCUT2D eigenvalue weighted by molar-refractivity contribution is 7.20. The summed E-state index contributed by atoms with van der Waals surface area (Å²) < 4.78 is 343. The van der Waals surface area contributed by atoms with Gasteiger partial charge in [0.25, 0.3) is 0 Å². The molecule has 27 heteroatoms. The maximum absolute atomic E-state index is 14.2. The lowest BCUT2D eigenvalue weighted by Crippen LogP contribution is -2.75. The molecule has 0 bridgehead atoms. The number of hydrogen-bond acceptors (Lipinski definition) is 1. The van der Waals surface area contributed by atoms with Crippen molar-refractivity contribution in [2.45, 2.75) is 94.0 Å². The average Bonchev–Trinajstić information content (AvgIpc) is 3.51. The van der Waals surface area contributed by atoms with Crippen molar-refractivity contribution in [3.8, 4) is 0 Å². The van der Waals surface area contributed by atoms with E-state index >= 15 is 0 Å². The Kier molecular flexibility index (Phi) is 16.7. The second-order valence-corrected chi connectivity index (χ2v) is 18.2. The largest absolute Gasteiger partial charge is 0.416 e. The second-order valence-electron chi connectivity index (χ2n) is 18.2. The minimum Gasteiger partial charge on any atom is -0.287 e. The first-order valence-electron chi connectivity index (χ1n) is 22.5. The van der Waals surface area contributed by atoms with Gasteiger partial charge >= 0.3 is 49.4 Å². The van der Waals surface area contributed by atoms with Crippen LogP contribution in [-0.4, -0.2) is 11.9 Å². The number of ketones is 1. The van der Waals surface area contributed by atoms with Crippen LogP contribution in [0.2, 0.25) is 0 Å². The third-order valence-electron chi connectivity index (χ3n) is 12.9. The van der Waals surface area contributed by atoms with Crippen LogP contribution >= 0.6 is 0 Å². The number of hydrogen-bond donors (Lipinski definition) is 0. The molecule has 1 heterocycles. The standard InChI is InChI=1S/C32H12BF24.C19H22NO/c34-25(35,36)13-1-14(26(37,38)39)6-21(5-13)33(22-7-15(27(40,41)42)2-16(8-22)28(43,44)45,23-9-17(29(46,47)48)3-18(10-23)30(49,50)51)24-11-19(31(52,53)54)4-20(12-24)32(55,56)57;21-19(15-20-13-5-2-6-14-20)18-11-9-17(10-12-18)16-7-3-1-4-8-16/h1-12H;2,5-6,9-14,16H,1,3-4,7-8,15H2/q-1;+1. The van der Waals surface area contributed by atoms with Gasteiger partial charge in [-0.15, -0.1) is 0 Å². The lowest BCUT2D eigenvalue weighted by molar-refractivity contribution is -0.683. The Morgan fingerprint density at radius 1 is 0.372 bits per heavy atom. The van der Waals surface area contributed by atoms with Crippen LogP contribution in [0.3, 0.4) is 0 Å². The first kappa shape index (κ1) is 60.5. The van der Waals surface area contributed by atoms with E-state index < -0.39 is 195 Å². The van der Waals surface area contributed by atoms with Crippen molar-refractivity contribution < 1.29 is 115 Å². The number of benzene rings is 5. The first-order chi connectivity index (χ1) is 35.6. The molecule has 78 heavy (non-hydrogen) atoms. The summed E-state index contributed by atoms with van der Waals surface area (Å²) in [7, 11) is 0. The van der Waals surface area contributed by atoms with E-state index in [1.54, 1.807) is 0 Å². The number of aromatic nitrogens is 1. The minimum absolute atomic E-state index is 0.168. The molecule has 1 saturated carbocycles. The van der Waals surface area contributed by atoms with Crippen molar-refractivity contribution in [2.75, 3.05) is 0 Å². The summed E-state index contributed by atoms with van der Waals surface area (Å²) in [6.07, 6.45) is -44.3. The highest BCUT2D eigenvalue weighted by Crippen LogP contribution is 2.42. The van der Waals surface area contributed by atoms with E-state index in [2.05, 4.69) is 12.1 Å². The number of rotatable bonds is 8. The quantitative estimate of drug-likeness (QED) is 0.0644. The van der Waals surface area contributed by atoms with E-state index in [0.717, 1.165) is 5.56 Å². The van der Waals surface area contributed by atoms with Gasteiger partial charge in [-0.2, -0.15) is 132 Å². The van der Waals surface area contributed by atoms with Gasteiger partial charge in [-0.1, -0.05) is 98.1 Å². The Bertz CT molecular complexity index is 2650. The number of pyridine rings is 1. The lowest BCUT2D eigenvalue weighted by atomic mass is 9.12. The SMILES string of the molecule is FC(F)(F)c1cc([B-](c2cc(C(F)(F)F)cc(C(F)(F)F)c2)(c2cc(C(F)(F)F)cc(C(F)(F)F)c2)c2cc(C(F)(F)F)cc(C(F)(F)F)c2)cc(C(F)(F)F)c1.O=C(C[n+]1ccccc1)c1ccc(C2CCCCC2)cc1. The Balaban J connectivity index is 0.000000387. The molecule has 0 atom stereocenters. The van der Waals surface area contributed by atoms with Crippen LogP contribution < -0.4 is 26.4 Å². The third-order valence-corrected chi connectivity index (χ3v) is 12.9. The Hall–Kier alpha value is -6.70. The molecular weight excluding hydrogens is 1110 g/mol. The number of halogens is 24. The Morgan fingerprint density at radius 3 is 0.872 bits per heavy atom. The predicted molar refractivity (Wildman–Crippen MR) is 233 cm³/mol. The Morgan fingerprint density at radius 2 is 0.628 bits per heavy atom. The highest BCUT2D eigenvalue weighted by Gasteiger charge is 2.47. The fraction of sp³-hybridized carbons (Fsp3) is 0.294. The topological polar surface area (TPSA) is 20.9 Å². The van der Waals surface area contributed by atoms with Crippen LogP contribution in [0.15, 0.2) is 128 Å². The van der Waals surface area contributed by atoms with Gasteiger partial charge in [0.15, 0.2) is 12.4 Å². The summed E-state index contributed by atoms with van der Waals surface area (Å²) in [5.74, 6) is 0.868. The zero-order valence-electron chi connectivity index (χ0n) is 38.9. The molecule has 1 fully saturated rings. The summed E-state index contributed by atoms with van der Waals surface area (Å²) in [4.78, 5) is 12.3. The van der Waals surface area contributed by atoms with Crippen LogP contribution in [0.25, 0.3) is 0 Å². The van der Waals surface area contributed by atoms with Gasteiger partial charge < -0.3 is 0 Å². The third kappa shape index (κ3) is 14.1. The number of carbonyl (C=O) groups excluding carboxylic acids is 1. The van der Waals surface area contributed by atoms with E-state index in [1.807, 2.05) is 47.3 Å². The molecule has 7 rings (SSSR count). The van der Waals surface area contributed by atoms with Gasteiger partial charge in [0, 0.05) is 17.7 Å². The maximum atomic E-state index is 14.2. The summed E-state index contributed by atoms with van der Waals surface area (Å²) in [6, 6.07) is 5.33. The normalized spacial score (nSPS) is 14.7. The van der Waals surface area contributed by atoms with Gasteiger partial charge in [0.05, 0.1) is 44.5 Å². The van der Waals surface area contributed by atoms with Crippen LogP contribution in [0.1, 0.15) is 98.5 Å². The van der Waals surface area contributed by atoms with Gasteiger partial charge in [-0.25, -0.2) is 0 Å². The van der Waals surface area contributed by atoms with Crippen molar-refractivity contribution in [1.29, 1.82) is 0 Å². The first-order valence-corrected chi connectivity index (χ1v) is 22.5. The lowest BCUT2D eigenvalue weighted by Gasteiger charge is -2.46. The summed E-state index contributed by atoms with van der Waals surface area (Å²) in [6.45, 7) is 0.406. The van der Waals surface area contributed by atoms with Crippen molar-refractivity contribution in [2.24, 2.45) is 0 Å². The second kappa shape index (κ2) is 21.5. The number of alkyl halides is 24. The van der Waals surface area contributed by atoms with Crippen LogP contribution in [0.5, 0.6) is 0 Å². The predicted octanol–water partition coefficient (Wildman–Crippen LogP) is 15.1. The van der Waals surface area contributed by atoms with E-state index in [-0.39, 0.29) is 5.78 Å². The molecule has 1 aliphatic carbocycles. The van der Waals surface area contributed by atoms with E-state index in [4.69, 9.17) is 0 Å². The van der Waals surface area contributed by atoms with Gasteiger partial charge in [0.2, 0.25) is 12.3 Å². The highest BCUT2D eigenvalue weighted by atomic mass is 19.4.